The third-order valence-corrected chi connectivity index (χ3v) is 10.4. The molecule has 2 aliphatic rings. The summed E-state index contributed by atoms with van der Waals surface area (Å²) in [6, 6.07) is 15.7. The van der Waals surface area contributed by atoms with E-state index in [9.17, 15) is 19.5 Å². The van der Waals surface area contributed by atoms with Crippen molar-refractivity contribution in [3.05, 3.63) is 75.1 Å². The average molecular weight is 688 g/mol. The maximum Gasteiger partial charge on any atom is 0.536 e. The Hall–Kier alpha value is -2.95. The van der Waals surface area contributed by atoms with Crippen molar-refractivity contribution in [2.45, 2.75) is 77.4 Å². The second-order valence-corrected chi connectivity index (χ2v) is 15.0. The number of likely N-dealkylation sites (tertiary alicyclic amines) is 1. The van der Waals surface area contributed by atoms with E-state index in [1.54, 1.807) is 23.1 Å². The van der Waals surface area contributed by atoms with Crippen LogP contribution in [0.1, 0.15) is 85.7 Å². The number of carboxylic acids is 1. The molecule has 0 aliphatic carbocycles. The minimum absolute atomic E-state index is 0.0863. The molecule has 1 atom stereocenters. The van der Waals surface area contributed by atoms with Gasteiger partial charge in [0.05, 0.1) is 22.8 Å². The first-order valence-electron chi connectivity index (χ1n) is 16.0. The van der Waals surface area contributed by atoms with Gasteiger partial charge in [-0.25, -0.2) is 4.79 Å². The first kappa shape index (κ1) is 34.4. The number of hydrogen-bond acceptors (Lipinski definition) is 6. The normalized spacial score (nSPS) is 19.1. The molecule has 8 nitrogen and oxygen atoms in total. The molecule has 46 heavy (non-hydrogen) atoms. The Bertz CT molecular complexity index is 1560. The number of carboxylic acid groups (broad SMARTS) is 1. The van der Waals surface area contributed by atoms with Crippen molar-refractivity contribution in [3.8, 4) is 10.4 Å². The number of carbonyl (C=O) groups excluding carboxylic acids is 2. The molecule has 0 radical (unpaired) electrons. The standard InChI is InChI=1S/C35H41Cl2N3O5S/c1-35(2,3)45-34(44)40(20-9-4-5-10-21-40)38-18-11-14-26(17-19-38)39(32(41)27-16-15-25(36)22-28(27)37)29-23-30(46-31(29)33(42)43)24-12-7-6-8-13-24/h6-8,12-13,15-16,22-23,26H,4-5,9-11,14,17-21H2,1-3H3/p+1. The molecule has 0 bridgehead atoms. The third-order valence-electron chi connectivity index (χ3n) is 8.72. The van der Waals surface area contributed by atoms with Gasteiger partial charge in [0.1, 0.15) is 23.6 Å². The van der Waals surface area contributed by atoms with Crippen LogP contribution in [0.15, 0.2) is 54.6 Å². The highest BCUT2D eigenvalue weighted by molar-refractivity contribution is 7.18. The predicted octanol–water partition coefficient (Wildman–Crippen LogP) is 9.16. The number of nitrogens with zero attached hydrogens (tertiary/aromatic N) is 3. The molecular formula is C35H42Cl2N3O5S+. The maximum atomic E-state index is 14.5. The lowest BCUT2D eigenvalue weighted by Gasteiger charge is -2.42. The number of benzene rings is 2. The lowest BCUT2D eigenvalue weighted by atomic mass is 10.0. The quantitative estimate of drug-likeness (QED) is 0.260. The number of anilines is 1. The smallest absolute Gasteiger partial charge is 0.477 e. The molecular weight excluding hydrogens is 645 g/mol. The molecule has 2 saturated heterocycles. The Morgan fingerprint density at radius 3 is 2.26 bits per heavy atom. The van der Waals surface area contributed by atoms with Crippen LogP contribution in [0.2, 0.25) is 10.0 Å². The summed E-state index contributed by atoms with van der Waals surface area (Å²) < 4.78 is 6.17. The highest BCUT2D eigenvalue weighted by atomic mass is 35.5. The van der Waals surface area contributed by atoms with Crippen LogP contribution in [0, 0.1) is 0 Å². The maximum absolute atomic E-state index is 14.5. The number of thiophene rings is 1. The lowest BCUT2D eigenvalue weighted by molar-refractivity contribution is -0.972. The largest absolute Gasteiger partial charge is 0.536 e. The Morgan fingerprint density at radius 1 is 0.935 bits per heavy atom. The lowest BCUT2D eigenvalue weighted by Crippen LogP contribution is -2.65. The molecule has 2 aliphatic heterocycles. The molecule has 1 aromatic heterocycles. The summed E-state index contributed by atoms with van der Waals surface area (Å²) in [7, 11) is 0. The zero-order valence-corrected chi connectivity index (χ0v) is 29.0. The van der Waals surface area contributed by atoms with Crippen molar-refractivity contribution < 1.29 is 28.8 Å². The van der Waals surface area contributed by atoms with Crippen molar-refractivity contribution in [2.24, 2.45) is 0 Å². The first-order chi connectivity index (χ1) is 21.9. The van der Waals surface area contributed by atoms with E-state index in [1.807, 2.05) is 51.1 Å². The molecule has 0 spiro atoms. The van der Waals surface area contributed by atoms with Gasteiger partial charge in [-0.3, -0.25) is 4.79 Å². The zero-order chi connectivity index (χ0) is 33.1. The van der Waals surface area contributed by atoms with Gasteiger partial charge < -0.3 is 14.7 Å². The minimum Gasteiger partial charge on any atom is -0.477 e. The van der Waals surface area contributed by atoms with Gasteiger partial charge in [-0.15, -0.1) is 20.9 Å². The molecule has 11 heteroatoms. The van der Waals surface area contributed by atoms with Gasteiger partial charge in [0.15, 0.2) is 0 Å². The fourth-order valence-electron chi connectivity index (χ4n) is 6.57. The van der Waals surface area contributed by atoms with Gasteiger partial charge >= 0.3 is 12.1 Å². The highest BCUT2D eigenvalue weighted by Gasteiger charge is 2.48. The van der Waals surface area contributed by atoms with Crippen molar-refractivity contribution in [1.29, 1.82) is 0 Å². The SMILES string of the molecule is CC(C)(C)OC(=O)[N+]1(N2CCCC(N(C(=O)c3ccc(Cl)cc3Cl)c3cc(-c4ccccc4)sc3C(=O)O)CC2)CCCCCC1. The summed E-state index contributed by atoms with van der Waals surface area (Å²) in [5.74, 6) is -1.48. The fraction of sp³-hybridized carbons (Fsp3) is 0.457. The van der Waals surface area contributed by atoms with Crippen LogP contribution in [0.4, 0.5) is 10.5 Å². The molecule has 2 amide bonds. The van der Waals surface area contributed by atoms with E-state index < -0.39 is 11.6 Å². The number of hydrogen-bond donors (Lipinski definition) is 1. The van der Waals surface area contributed by atoms with Crippen LogP contribution < -0.4 is 4.90 Å². The van der Waals surface area contributed by atoms with E-state index in [4.69, 9.17) is 27.9 Å². The summed E-state index contributed by atoms with van der Waals surface area (Å²) in [6.07, 6.45) is 5.64. The summed E-state index contributed by atoms with van der Waals surface area (Å²) in [5, 5.41) is 13.2. The second-order valence-electron chi connectivity index (χ2n) is 13.1. The van der Waals surface area contributed by atoms with Crippen LogP contribution in [0.3, 0.4) is 0 Å². The summed E-state index contributed by atoms with van der Waals surface area (Å²) in [4.78, 5) is 43.5. The van der Waals surface area contributed by atoms with E-state index in [0.29, 0.717) is 56.2 Å². The van der Waals surface area contributed by atoms with Crippen LogP contribution in [-0.2, 0) is 4.74 Å². The Morgan fingerprint density at radius 2 is 1.63 bits per heavy atom. The predicted molar refractivity (Wildman–Crippen MR) is 184 cm³/mol. The highest BCUT2D eigenvalue weighted by Crippen LogP contribution is 2.41. The molecule has 3 heterocycles. The number of halogens is 2. The van der Waals surface area contributed by atoms with Gasteiger partial charge in [-0.05, 0) is 95.5 Å². The molecule has 246 valence electrons. The number of quaternary nitrogens is 1. The summed E-state index contributed by atoms with van der Waals surface area (Å²) in [5.41, 5.74) is 0.847. The minimum atomic E-state index is -1.10. The zero-order valence-electron chi connectivity index (χ0n) is 26.6. The van der Waals surface area contributed by atoms with Crippen LogP contribution in [-0.4, -0.2) is 70.5 Å². The Labute approximate surface area is 285 Å². The van der Waals surface area contributed by atoms with Crippen LogP contribution in [0.25, 0.3) is 10.4 Å². The van der Waals surface area contributed by atoms with Gasteiger partial charge in [0.25, 0.3) is 5.91 Å². The van der Waals surface area contributed by atoms with Gasteiger partial charge in [-0.1, -0.05) is 53.5 Å². The molecule has 3 aromatic rings. The van der Waals surface area contributed by atoms with E-state index in [2.05, 4.69) is 5.01 Å². The second kappa shape index (κ2) is 14.4. The molecule has 5 rings (SSSR count). The number of amides is 2. The number of rotatable bonds is 6. The van der Waals surface area contributed by atoms with E-state index in [0.717, 1.165) is 47.5 Å². The number of ether oxygens (including phenoxy) is 1. The molecule has 2 fully saturated rings. The van der Waals surface area contributed by atoms with Crippen molar-refractivity contribution >= 4 is 58.2 Å². The van der Waals surface area contributed by atoms with Crippen LogP contribution >= 0.6 is 34.5 Å². The summed E-state index contributed by atoms with van der Waals surface area (Å²) in [6.45, 7) is 8.24. The van der Waals surface area contributed by atoms with Crippen LogP contribution in [0.5, 0.6) is 0 Å². The van der Waals surface area contributed by atoms with E-state index in [-0.39, 0.29) is 38.1 Å². The first-order valence-corrected chi connectivity index (χ1v) is 17.5. The molecule has 2 aromatic carbocycles. The number of aromatic carboxylic acids is 1. The van der Waals surface area contributed by atoms with E-state index >= 15 is 0 Å². The Balaban J connectivity index is 1.54. The van der Waals surface area contributed by atoms with Crippen molar-refractivity contribution in [3.63, 3.8) is 0 Å². The van der Waals surface area contributed by atoms with Crippen molar-refractivity contribution in [2.75, 3.05) is 31.1 Å². The Kier molecular flexibility index (Phi) is 10.8. The summed E-state index contributed by atoms with van der Waals surface area (Å²) >= 11 is 13.9. The molecule has 1 N–H and O–H groups in total. The van der Waals surface area contributed by atoms with Gasteiger partial charge in [-0.2, -0.15) is 4.79 Å². The monoisotopic (exact) mass is 686 g/mol. The fourth-order valence-corrected chi connectivity index (χ4v) is 8.05. The number of carbonyl (C=O) groups is 3. The van der Waals surface area contributed by atoms with E-state index in [1.165, 1.54) is 6.07 Å². The average Bonchev–Trinajstić information content (AvgIpc) is 3.13. The van der Waals surface area contributed by atoms with Crippen molar-refractivity contribution in [1.82, 2.24) is 5.01 Å². The molecule has 1 unspecified atom stereocenters. The molecule has 0 saturated carbocycles. The van der Waals surface area contributed by atoms with Gasteiger partial charge in [0.2, 0.25) is 0 Å². The van der Waals surface area contributed by atoms with Gasteiger partial charge in [0, 0.05) is 22.5 Å². The topological polar surface area (TPSA) is 87.2 Å². The third kappa shape index (κ3) is 7.60.